The molecule has 0 amide bonds. The fourth-order valence-electron chi connectivity index (χ4n) is 2.76. The maximum atomic E-state index is 4.36. The van der Waals surface area contributed by atoms with E-state index < -0.39 is 0 Å². The molecule has 2 atom stereocenters. The van der Waals surface area contributed by atoms with Gasteiger partial charge < -0.3 is 5.32 Å². The Labute approximate surface area is 113 Å². The molecule has 1 fully saturated rings. The molecule has 0 bridgehead atoms. The number of hydrogen-bond acceptors (Lipinski definition) is 1. The molecule has 1 heteroatoms. The molecule has 1 aliphatic carbocycles. The molecule has 0 radical (unpaired) electrons. The first-order valence-electron chi connectivity index (χ1n) is 7.06. The average Bonchev–Trinajstić information content (AvgIpc) is 2.83. The Kier molecular flexibility index (Phi) is 5.40. The first kappa shape index (κ1) is 15.2. The van der Waals surface area contributed by atoms with Gasteiger partial charge in [-0.05, 0) is 89.1 Å². The van der Waals surface area contributed by atoms with Gasteiger partial charge in [0.05, 0.1) is 0 Å². The van der Waals surface area contributed by atoms with Crippen LogP contribution in [0.15, 0.2) is 34.4 Å². The third-order valence-corrected chi connectivity index (χ3v) is 4.69. The molecule has 2 unspecified atom stereocenters. The molecule has 1 saturated carbocycles. The highest BCUT2D eigenvalue weighted by Gasteiger charge is 2.26. The molecule has 0 aromatic heterocycles. The monoisotopic (exact) mass is 247 g/mol. The van der Waals surface area contributed by atoms with E-state index in [0.29, 0.717) is 12.0 Å². The number of rotatable bonds is 4. The standard InChI is InChI=1S/C17H29N/c1-11(2)12(3)13(4)14(5)15(6)16-8-9-17(10-16)18-7/h16-18H,6,8-10H2,1-5,7H3/b14-13-. The predicted molar refractivity (Wildman–Crippen MR) is 81.8 cm³/mol. The maximum absolute atomic E-state index is 4.36. The van der Waals surface area contributed by atoms with E-state index in [9.17, 15) is 0 Å². The van der Waals surface area contributed by atoms with Crippen LogP contribution in [0.3, 0.4) is 0 Å². The first-order chi connectivity index (χ1) is 8.38. The molecule has 0 spiro atoms. The van der Waals surface area contributed by atoms with Crippen molar-refractivity contribution in [2.45, 2.75) is 59.9 Å². The molecule has 0 aliphatic heterocycles. The zero-order valence-electron chi connectivity index (χ0n) is 13.0. The number of nitrogens with one attached hydrogen (secondary N) is 1. The van der Waals surface area contributed by atoms with Gasteiger partial charge in [0.15, 0.2) is 0 Å². The van der Waals surface area contributed by atoms with Crippen LogP contribution in [0.4, 0.5) is 0 Å². The van der Waals surface area contributed by atoms with Crippen LogP contribution in [0.5, 0.6) is 0 Å². The lowest BCUT2D eigenvalue weighted by Gasteiger charge is -2.18. The summed E-state index contributed by atoms with van der Waals surface area (Å²) in [5.74, 6) is 0.669. The highest BCUT2D eigenvalue weighted by atomic mass is 14.9. The van der Waals surface area contributed by atoms with Gasteiger partial charge in [-0.1, -0.05) is 12.2 Å². The van der Waals surface area contributed by atoms with Crippen LogP contribution in [0.25, 0.3) is 0 Å². The highest BCUT2D eigenvalue weighted by molar-refractivity contribution is 5.43. The molecule has 1 rings (SSSR count). The summed E-state index contributed by atoms with van der Waals surface area (Å²) in [5.41, 5.74) is 6.98. The molecule has 1 nitrogen and oxygen atoms in total. The summed E-state index contributed by atoms with van der Waals surface area (Å²) in [4.78, 5) is 0. The Morgan fingerprint density at radius 2 is 1.56 bits per heavy atom. The number of hydrogen-bond donors (Lipinski definition) is 1. The highest BCUT2D eigenvalue weighted by Crippen LogP contribution is 2.35. The summed E-state index contributed by atoms with van der Waals surface area (Å²) in [5, 5.41) is 3.39. The lowest BCUT2D eigenvalue weighted by Crippen LogP contribution is -2.21. The van der Waals surface area contributed by atoms with Gasteiger partial charge in [-0.2, -0.15) is 0 Å². The van der Waals surface area contributed by atoms with Crippen molar-refractivity contribution in [2.24, 2.45) is 5.92 Å². The average molecular weight is 247 g/mol. The largest absolute Gasteiger partial charge is 0.317 e. The third kappa shape index (κ3) is 3.35. The van der Waals surface area contributed by atoms with E-state index in [2.05, 4.69) is 53.6 Å². The SMILES string of the molecule is C=C(/C(C)=C(/C)C(C)=C(C)C)C1CCC(NC)C1. The molecule has 18 heavy (non-hydrogen) atoms. The van der Waals surface area contributed by atoms with Gasteiger partial charge >= 0.3 is 0 Å². The molecule has 1 aliphatic rings. The summed E-state index contributed by atoms with van der Waals surface area (Å²) in [7, 11) is 2.07. The van der Waals surface area contributed by atoms with Crippen molar-refractivity contribution in [2.75, 3.05) is 7.05 Å². The van der Waals surface area contributed by atoms with Crippen molar-refractivity contribution in [3.8, 4) is 0 Å². The van der Waals surface area contributed by atoms with Gasteiger partial charge in [0.25, 0.3) is 0 Å². The molecule has 102 valence electrons. The minimum absolute atomic E-state index is 0.669. The molecule has 0 aromatic carbocycles. The van der Waals surface area contributed by atoms with Crippen molar-refractivity contribution < 1.29 is 0 Å². The van der Waals surface area contributed by atoms with E-state index in [1.54, 1.807) is 0 Å². The predicted octanol–water partition coefficient (Wildman–Crippen LogP) is 4.62. The van der Waals surface area contributed by atoms with Gasteiger partial charge in [-0.25, -0.2) is 0 Å². The summed E-state index contributed by atoms with van der Waals surface area (Å²) < 4.78 is 0. The van der Waals surface area contributed by atoms with E-state index >= 15 is 0 Å². The van der Waals surface area contributed by atoms with Gasteiger partial charge in [0.2, 0.25) is 0 Å². The van der Waals surface area contributed by atoms with Crippen LogP contribution in [-0.4, -0.2) is 13.1 Å². The summed E-state index contributed by atoms with van der Waals surface area (Å²) >= 11 is 0. The van der Waals surface area contributed by atoms with Gasteiger partial charge in [0.1, 0.15) is 0 Å². The Balaban J connectivity index is 2.85. The Bertz CT molecular complexity index is 380. The minimum Gasteiger partial charge on any atom is -0.317 e. The van der Waals surface area contributed by atoms with Gasteiger partial charge in [0, 0.05) is 6.04 Å². The second-order valence-electron chi connectivity index (χ2n) is 5.90. The third-order valence-electron chi connectivity index (χ3n) is 4.69. The van der Waals surface area contributed by atoms with Gasteiger partial charge in [-0.3, -0.25) is 0 Å². The first-order valence-corrected chi connectivity index (χ1v) is 7.06. The Morgan fingerprint density at radius 3 is 2.00 bits per heavy atom. The van der Waals surface area contributed by atoms with Crippen LogP contribution in [0.2, 0.25) is 0 Å². The smallest absolute Gasteiger partial charge is 0.00701 e. The topological polar surface area (TPSA) is 12.0 Å². The van der Waals surface area contributed by atoms with Crippen molar-refractivity contribution in [3.63, 3.8) is 0 Å². The second kappa shape index (κ2) is 6.38. The van der Waals surface area contributed by atoms with Crippen LogP contribution in [0.1, 0.15) is 53.9 Å². The lowest BCUT2D eigenvalue weighted by molar-refractivity contribution is 0.557. The summed E-state index contributed by atoms with van der Waals surface area (Å²) in [6, 6.07) is 0.685. The quantitative estimate of drug-likeness (QED) is 0.715. The van der Waals surface area contributed by atoms with Crippen LogP contribution >= 0.6 is 0 Å². The van der Waals surface area contributed by atoms with Crippen LogP contribution in [-0.2, 0) is 0 Å². The maximum Gasteiger partial charge on any atom is 0.00701 e. The fourth-order valence-corrected chi connectivity index (χ4v) is 2.76. The molecule has 1 N–H and O–H groups in total. The fraction of sp³-hybridized carbons (Fsp3) is 0.647. The van der Waals surface area contributed by atoms with Crippen LogP contribution < -0.4 is 5.32 Å². The summed E-state index contributed by atoms with van der Waals surface area (Å²) in [6.45, 7) is 15.4. The molecular formula is C17H29N. The van der Waals surface area contributed by atoms with Crippen molar-refractivity contribution in [3.05, 3.63) is 34.4 Å². The van der Waals surface area contributed by atoms with E-state index in [-0.39, 0.29) is 0 Å². The van der Waals surface area contributed by atoms with Gasteiger partial charge in [-0.15, -0.1) is 0 Å². The van der Waals surface area contributed by atoms with Crippen molar-refractivity contribution >= 4 is 0 Å². The molecular weight excluding hydrogens is 218 g/mol. The Morgan fingerprint density at radius 1 is 0.944 bits per heavy atom. The second-order valence-corrected chi connectivity index (χ2v) is 5.90. The van der Waals surface area contributed by atoms with Crippen molar-refractivity contribution in [1.29, 1.82) is 0 Å². The Hall–Kier alpha value is -0.820. The van der Waals surface area contributed by atoms with E-state index in [0.717, 1.165) is 0 Å². The normalized spacial score (nSPS) is 24.8. The zero-order chi connectivity index (χ0) is 13.9. The summed E-state index contributed by atoms with van der Waals surface area (Å²) in [6.07, 6.45) is 3.81. The van der Waals surface area contributed by atoms with E-state index in [4.69, 9.17) is 0 Å². The zero-order valence-corrected chi connectivity index (χ0v) is 13.0. The van der Waals surface area contributed by atoms with Crippen LogP contribution in [0, 0.1) is 5.92 Å². The molecule has 0 heterocycles. The minimum atomic E-state index is 0.669. The lowest BCUT2D eigenvalue weighted by atomic mass is 9.88. The van der Waals surface area contributed by atoms with E-state index in [1.165, 1.54) is 47.1 Å². The van der Waals surface area contributed by atoms with Crippen molar-refractivity contribution in [1.82, 2.24) is 5.32 Å². The van der Waals surface area contributed by atoms with E-state index in [1.807, 2.05) is 0 Å². The number of allylic oxidation sites excluding steroid dienone is 5. The molecule has 0 saturated heterocycles. The molecule has 0 aromatic rings.